The molecule has 0 aliphatic heterocycles. The lowest BCUT2D eigenvalue weighted by Crippen LogP contribution is -2.58. The number of aliphatic hydroxyl groups is 1. The molecule has 5 heteroatoms. The van der Waals surface area contributed by atoms with E-state index in [1.54, 1.807) is 0 Å². The second kappa shape index (κ2) is 20.6. The van der Waals surface area contributed by atoms with E-state index >= 15 is 0 Å². The topological polar surface area (TPSA) is 75.4 Å². The molecule has 174 valence electrons. The van der Waals surface area contributed by atoms with E-state index in [1.807, 2.05) is 6.92 Å². The lowest BCUT2D eigenvalue weighted by atomic mass is 10.0. The monoisotopic (exact) mass is 414 g/mol. The van der Waals surface area contributed by atoms with Crippen molar-refractivity contribution in [2.24, 2.45) is 5.84 Å². The molecular weight excluding hydrogens is 362 g/mol. The summed E-state index contributed by atoms with van der Waals surface area (Å²) in [5.41, 5.74) is 0. The standard InChI is InChI=1S/C24H51N3O2/c1-3-5-6-7-8-9-10-11-12-13-14-15-16-17-18-19-24(29)26-20-21-27(25,4-2)22-23-28/h28H,3-23,25H2,1-2H3/p+1. The van der Waals surface area contributed by atoms with Crippen LogP contribution in [0.4, 0.5) is 0 Å². The zero-order valence-electron chi connectivity index (χ0n) is 19.7. The first-order chi connectivity index (χ1) is 14.1. The van der Waals surface area contributed by atoms with Crippen LogP contribution < -0.4 is 11.2 Å². The second-order valence-electron chi connectivity index (χ2n) is 8.76. The number of hydrogen-bond donors (Lipinski definition) is 3. The fourth-order valence-electron chi connectivity index (χ4n) is 3.79. The largest absolute Gasteiger partial charge is 0.390 e. The minimum absolute atomic E-state index is 0.0808. The number of nitrogens with zero attached hydrogens (tertiary/aromatic N) is 1. The Morgan fingerprint density at radius 3 is 1.62 bits per heavy atom. The van der Waals surface area contributed by atoms with Crippen LogP contribution in [0, 0.1) is 0 Å². The van der Waals surface area contributed by atoms with Crippen LogP contribution in [0.25, 0.3) is 0 Å². The van der Waals surface area contributed by atoms with E-state index in [2.05, 4.69) is 12.2 Å². The molecule has 0 heterocycles. The van der Waals surface area contributed by atoms with Gasteiger partial charge in [-0.2, -0.15) is 5.84 Å². The van der Waals surface area contributed by atoms with Crippen molar-refractivity contribution in [3.05, 3.63) is 0 Å². The van der Waals surface area contributed by atoms with Crippen molar-refractivity contribution in [3.8, 4) is 0 Å². The number of carbonyl (C=O) groups excluding carboxylic acids is 1. The molecule has 0 spiro atoms. The molecule has 5 nitrogen and oxygen atoms in total. The van der Waals surface area contributed by atoms with Crippen molar-refractivity contribution in [2.45, 2.75) is 117 Å². The maximum Gasteiger partial charge on any atom is 0.220 e. The van der Waals surface area contributed by atoms with Crippen LogP contribution in [-0.4, -0.2) is 48.4 Å². The number of carbonyl (C=O) groups is 1. The van der Waals surface area contributed by atoms with E-state index in [0.29, 0.717) is 30.6 Å². The van der Waals surface area contributed by atoms with Crippen molar-refractivity contribution in [1.29, 1.82) is 0 Å². The summed E-state index contributed by atoms with van der Waals surface area (Å²) in [5, 5.41) is 12.0. The number of nitrogens with two attached hydrogens (primary N) is 1. The Hall–Kier alpha value is -0.650. The van der Waals surface area contributed by atoms with E-state index < -0.39 is 0 Å². The summed E-state index contributed by atoms with van der Waals surface area (Å²) in [5.74, 6) is 6.29. The Kier molecular flexibility index (Phi) is 20.2. The molecule has 0 saturated heterocycles. The summed E-state index contributed by atoms with van der Waals surface area (Å²) in [7, 11) is 0. The fraction of sp³-hybridized carbons (Fsp3) is 0.958. The highest BCUT2D eigenvalue weighted by atomic mass is 16.3. The number of nitrogens with one attached hydrogen (secondary N) is 1. The van der Waals surface area contributed by atoms with E-state index in [1.165, 1.54) is 83.5 Å². The number of quaternary nitrogens is 1. The van der Waals surface area contributed by atoms with Gasteiger partial charge in [-0.3, -0.25) is 4.79 Å². The zero-order chi connectivity index (χ0) is 21.6. The predicted molar refractivity (Wildman–Crippen MR) is 124 cm³/mol. The lowest BCUT2D eigenvalue weighted by molar-refractivity contribution is -0.937. The van der Waals surface area contributed by atoms with E-state index in [0.717, 1.165) is 19.4 Å². The number of amides is 1. The first-order valence-corrected chi connectivity index (χ1v) is 12.6. The van der Waals surface area contributed by atoms with Crippen LogP contribution >= 0.6 is 0 Å². The van der Waals surface area contributed by atoms with Gasteiger partial charge in [-0.15, -0.1) is 0 Å². The summed E-state index contributed by atoms with van der Waals surface area (Å²) in [6.45, 7) is 6.91. The van der Waals surface area contributed by atoms with Gasteiger partial charge in [0, 0.05) is 6.42 Å². The predicted octanol–water partition coefficient (Wildman–Crippen LogP) is 5.07. The van der Waals surface area contributed by atoms with Crippen molar-refractivity contribution < 1.29 is 14.5 Å². The maximum atomic E-state index is 11.9. The summed E-state index contributed by atoms with van der Waals surface area (Å²) in [4.78, 5) is 11.9. The van der Waals surface area contributed by atoms with Crippen LogP contribution in [0.5, 0.6) is 0 Å². The van der Waals surface area contributed by atoms with Crippen LogP contribution in [0.15, 0.2) is 0 Å². The molecule has 0 aromatic carbocycles. The van der Waals surface area contributed by atoms with Gasteiger partial charge in [0.1, 0.15) is 13.1 Å². The van der Waals surface area contributed by atoms with E-state index in [-0.39, 0.29) is 12.5 Å². The highest BCUT2D eigenvalue weighted by Gasteiger charge is 2.19. The van der Waals surface area contributed by atoms with Gasteiger partial charge in [0.05, 0.1) is 19.7 Å². The molecule has 0 aromatic heterocycles. The summed E-state index contributed by atoms with van der Waals surface area (Å²) in [6, 6.07) is 0. The number of rotatable bonds is 22. The molecule has 1 amide bonds. The quantitative estimate of drug-likeness (QED) is 0.100. The highest BCUT2D eigenvalue weighted by molar-refractivity contribution is 5.75. The van der Waals surface area contributed by atoms with E-state index in [4.69, 9.17) is 10.9 Å². The first kappa shape index (κ1) is 28.4. The van der Waals surface area contributed by atoms with Gasteiger partial charge in [-0.1, -0.05) is 96.8 Å². The van der Waals surface area contributed by atoms with Crippen LogP contribution in [0.1, 0.15) is 117 Å². The third-order valence-corrected chi connectivity index (χ3v) is 6.06. The molecule has 1 atom stereocenters. The van der Waals surface area contributed by atoms with Gasteiger partial charge in [0.25, 0.3) is 0 Å². The SMILES string of the molecule is CCCCCCCCCCCCCCCCCC(=O)NCC[N+](N)(CC)CCO. The summed E-state index contributed by atoms with van der Waals surface area (Å²) >= 11 is 0. The van der Waals surface area contributed by atoms with Crippen LogP contribution in [0.2, 0.25) is 0 Å². The molecule has 0 radical (unpaired) electrons. The fourth-order valence-corrected chi connectivity index (χ4v) is 3.79. The maximum absolute atomic E-state index is 11.9. The van der Waals surface area contributed by atoms with Gasteiger partial charge < -0.3 is 10.4 Å². The molecule has 0 saturated carbocycles. The molecule has 0 bridgehead atoms. The van der Waals surface area contributed by atoms with Gasteiger partial charge in [0.15, 0.2) is 0 Å². The number of likely N-dealkylation sites (N-methyl/N-ethyl adjacent to an activating group) is 1. The van der Waals surface area contributed by atoms with Crippen molar-refractivity contribution in [2.75, 3.05) is 32.8 Å². The smallest absolute Gasteiger partial charge is 0.220 e. The normalized spacial score (nSPS) is 13.4. The Balaban J connectivity index is 3.33. The Morgan fingerprint density at radius 1 is 0.759 bits per heavy atom. The molecular formula is C24H52N3O2+. The molecule has 0 aliphatic rings. The molecule has 0 fully saturated rings. The Morgan fingerprint density at radius 2 is 1.21 bits per heavy atom. The minimum Gasteiger partial charge on any atom is -0.390 e. The average Bonchev–Trinajstić information content (AvgIpc) is 2.71. The number of unbranched alkanes of at least 4 members (excludes halogenated alkanes) is 14. The van der Waals surface area contributed by atoms with Gasteiger partial charge in [-0.05, 0) is 13.3 Å². The Labute approximate surface area is 181 Å². The minimum atomic E-state index is 0.0808. The third kappa shape index (κ3) is 19.1. The molecule has 29 heavy (non-hydrogen) atoms. The second-order valence-corrected chi connectivity index (χ2v) is 8.76. The van der Waals surface area contributed by atoms with Crippen LogP contribution in [-0.2, 0) is 4.79 Å². The highest BCUT2D eigenvalue weighted by Crippen LogP contribution is 2.13. The van der Waals surface area contributed by atoms with Crippen LogP contribution in [0.3, 0.4) is 0 Å². The molecule has 0 aliphatic carbocycles. The Bertz CT molecular complexity index is 366. The van der Waals surface area contributed by atoms with Crippen molar-refractivity contribution in [3.63, 3.8) is 0 Å². The average molecular weight is 415 g/mol. The number of aliphatic hydroxyl groups excluding tert-OH is 1. The first-order valence-electron chi connectivity index (χ1n) is 12.6. The lowest BCUT2D eigenvalue weighted by Gasteiger charge is -2.30. The molecule has 0 aromatic rings. The molecule has 4 N–H and O–H groups in total. The number of hydrogen-bond acceptors (Lipinski definition) is 3. The van der Waals surface area contributed by atoms with Gasteiger partial charge in [-0.25, -0.2) is 4.59 Å². The zero-order valence-corrected chi connectivity index (χ0v) is 19.7. The van der Waals surface area contributed by atoms with Gasteiger partial charge in [0.2, 0.25) is 5.91 Å². The van der Waals surface area contributed by atoms with E-state index in [9.17, 15) is 4.79 Å². The van der Waals surface area contributed by atoms with Crippen molar-refractivity contribution in [1.82, 2.24) is 5.32 Å². The summed E-state index contributed by atoms with van der Waals surface area (Å²) in [6.07, 6.45) is 20.7. The summed E-state index contributed by atoms with van der Waals surface area (Å²) < 4.78 is 0.315. The molecule has 0 rings (SSSR count). The molecule has 1 unspecified atom stereocenters. The van der Waals surface area contributed by atoms with Crippen molar-refractivity contribution >= 4 is 5.91 Å². The third-order valence-electron chi connectivity index (χ3n) is 6.06. The van der Waals surface area contributed by atoms with Gasteiger partial charge >= 0.3 is 0 Å².